The summed E-state index contributed by atoms with van der Waals surface area (Å²) >= 11 is 0. The van der Waals surface area contributed by atoms with Gasteiger partial charge in [-0.25, -0.2) is 13.8 Å². The van der Waals surface area contributed by atoms with E-state index in [0.29, 0.717) is 5.69 Å². The molecule has 0 unspecified atom stereocenters. The molecule has 0 bridgehead atoms. The van der Waals surface area contributed by atoms with Crippen molar-refractivity contribution >= 4 is 0 Å². The number of hydrogen-bond donors (Lipinski definition) is 0. The van der Waals surface area contributed by atoms with Crippen LogP contribution in [0.3, 0.4) is 0 Å². The highest BCUT2D eigenvalue weighted by atomic mass is 19.1. The van der Waals surface area contributed by atoms with E-state index in [0.717, 1.165) is 6.20 Å². The SMILES string of the molecule is COc1cn(-c2ccc(-n3cccn3)cc2F)ncc1=O. The summed E-state index contributed by atoms with van der Waals surface area (Å²) in [6.07, 6.45) is 5.75. The highest BCUT2D eigenvalue weighted by molar-refractivity contribution is 5.42. The Morgan fingerprint density at radius 1 is 1.24 bits per heavy atom. The summed E-state index contributed by atoms with van der Waals surface area (Å²) in [6.45, 7) is 0. The molecule has 0 N–H and O–H groups in total. The van der Waals surface area contributed by atoms with Crippen molar-refractivity contribution < 1.29 is 9.13 Å². The number of nitrogens with zero attached hydrogens (tertiary/aromatic N) is 4. The van der Waals surface area contributed by atoms with E-state index in [9.17, 15) is 9.18 Å². The van der Waals surface area contributed by atoms with Gasteiger partial charge in [-0.05, 0) is 18.2 Å². The van der Waals surface area contributed by atoms with Crippen molar-refractivity contribution in [1.82, 2.24) is 19.6 Å². The first kappa shape index (κ1) is 13.0. The van der Waals surface area contributed by atoms with Crippen LogP contribution in [0.25, 0.3) is 11.4 Å². The average molecular weight is 286 g/mol. The predicted molar refractivity (Wildman–Crippen MR) is 73.5 cm³/mol. The summed E-state index contributed by atoms with van der Waals surface area (Å²) < 4.78 is 22.0. The summed E-state index contributed by atoms with van der Waals surface area (Å²) in [4.78, 5) is 11.4. The van der Waals surface area contributed by atoms with Crippen LogP contribution >= 0.6 is 0 Å². The number of ether oxygens (including phenoxy) is 1. The third-order valence-corrected chi connectivity index (χ3v) is 2.95. The van der Waals surface area contributed by atoms with Crippen molar-refractivity contribution in [3.05, 3.63) is 65.1 Å². The quantitative estimate of drug-likeness (QED) is 0.733. The number of methoxy groups -OCH3 is 1. The van der Waals surface area contributed by atoms with E-state index >= 15 is 0 Å². The van der Waals surface area contributed by atoms with Gasteiger partial charge in [0, 0.05) is 18.5 Å². The van der Waals surface area contributed by atoms with Crippen molar-refractivity contribution in [2.24, 2.45) is 0 Å². The molecule has 6 nitrogen and oxygen atoms in total. The normalized spacial score (nSPS) is 10.6. The van der Waals surface area contributed by atoms with Crippen LogP contribution in [0.2, 0.25) is 0 Å². The third kappa shape index (κ3) is 2.40. The molecule has 0 aliphatic rings. The third-order valence-electron chi connectivity index (χ3n) is 2.95. The Labute approximate surface area is 119 Å². The predicted octanol–water partition coefficient (Wildman–Crippen LogP) is 1.57. The Bertz CT molecular complexity index is 827. The summed E-state index contributed by atoms with van der Waals surface area (Å²) in [5.41, 5.74) is 0.445. The molecule has 3 rings (SSSR count). The fourth-order valence-corrected chi connectivity index (χ4v) is 1.92. The second kappa shape index (κ2) is 5.20. The van der Waals surface area contributed by atoms with Gasteiger partial charge in [0.1, 0.15) is 5.69 Å². The number of aromatic nitrogens is 4. The van der Waals surface area contributed by atoms with E-state index < -0.39 is 5.82 Å². The molecule has 0 amide bonds. The van der Waals surface area contributed by atoms with E-state index in [4.69, 9.17) is 4.74 Å². The molecular formula is C14H11FN4O2. The van der Waals surface area contributed by atoms with E-state index in [1.165, 1.54) is 24.1 Å². The minimum Gasteiger partial charge on any atom is -0.491 e. The van der Waals surface area contributed by atoms with Crippen molar-refractivity contribution in [2.75, 3.05) is 7.11 Å². The maximum absolute atomic E-state index is 14.2. The fraction of sp³-hybridized carbons (Fsp3) is 0.0714. The molecule has 7 heteroatoms. The molecule has 2 aromatic heterocycles. The van der Waals surface area contributed by atoms with Gasteiger partial charge in [-0.1, -0.05) is 0 Å². The van der Waals surface area contributed by atoms with Crippen LogP contribution in [-0.4, -0.2) is 26.7 Å². The van der Waals surface area contributed by atoms with Gasteiger partial charge in [-0.3, -0.25) is 4.79 Å². The molecule has 2 heterocycles. The molecule has 21 heavy (non-hydrogen) atoms. The van der Waals surface area contributed by atoms with Crippen molar-refractivity contribution in [2.45, 2.75) is 0 Å². The van der Waals surface area contributed by atoms with Crippen LogP contribution in [0.5, 0.6) is 5.75 Å². The van der Waals surface area contributed by atoms with E-state index in [1.807, 2.05) is 0 Å². The number of hydrogen-bond acceptors (Lipinski definition) is 4. The Morgan fingerprint density at radius 2 is 2.10 bits per heavy atom. The molecule has 0 atom stereocenters. The van der Waals surface area contributed by atoms with Gasteiger partial charge in [-0.15, -0.1) is 0 Å². The Kier molecular flexibility index (Phi) is 3.23. The lowest BCUT2D eigenvalue weighted by atomic mass is 10.2. The van der Waals surface area contributed by atoms with Gasteiger partial charge in [0.25, 0.3) is 0 Å². The van der Waals surface area contributed by atoms with Crippen LogP contribution in [0.1, 0.15) is 0 Å². The van der Waals surface area contributed by atoms with Crippen molar-refractivity contribution in [3.8, 4) is 17.1 Å². The van der Waals surface area contributed by atoms with E-state index in [-0.39, 0.29) is 16.9 Å². The minimum atomic E-state index is -0.485. The Morgan fingerprint density at radius 3 is 2.76 bits per heavy atom. The summed E-state index contributed by atoms with van der Waals surface area (Å²) in [6, 6.07) is 6.36. The Hall–Kier alpha value is -2.96. The molecule has 0 fully saturated rings. The zero-order valence-electron chi connectivity index (χ0n) is 11.1. The van der Waals surface area contributed by atoms with Gasteiger partial charge in [0.2, 0.25) is 5.43 Å². The van der Waals surface area contributed by atoms with Gasteiger partial charge < -0.3 is 4.74 Å². The smallest absolute Gasteiger partial charge is 0.241 e. The topological polar surface area (TPSA) is 61.9 Å². The zero-order valence-corrected chi connectivity index (χ0v) is 11.1. The molecule has 0 spiro atoms. The van der Waals surface area contributed by atoms with Crippen LogP contribution < -0.4 is 10.2 Å². The van der Waals surface area contributed by atoms with Crippen LogP contribution in [0, 0.1) is 5.82 Å². The highest BCUT2D eigenvalue weighted by Gasteiger charge is 2.09. The number of rotatable bonds is 3. The fourth-order valence-electron chi connectivity index (χ4n) is 1.92. The van der Waals surface area contributed by atoms with Crippen molar-refractivity contribution in [3.63, 3.8) is 0 Å². The van der Waals surface area contributed by atoms with Crippen LogP contribution in [-0.2, 0) is 0 Å². The zero-order chi connectivity index (χ0) is 14.8. The molecule has 0 saturated carbocycles. The molecule has 3 aromatic rings. The van der Waals surface area contributed by atoms with E-state index in [1.54, 1.807) is 35.3 Å². The standard InChI is InChI=1S/C14H11FN4O2/c1-21-14-9-19(17-8-13(14)20)12-4-3-10(7-11(12)15)18-6-2-5-16-18/h2-9H,1H3. The maximum Gasteiger partial charge on any atom is 0.241 e. The maximum atomic E-state index is 14.2. The molecule has 0 aliphatic carbocycles. The average Bonchev–Trinajstić information content (AvgIpc) is 3.02. The number of halogens is 1. The van der Waals surface area contributed by atoms with Crippen LogP contribution in [0.15, 0.2) is 53.8 Å². The number of benzene rings is 1. The Balaban J connectivity index is 2.05. The molecule has 0 aliphatic heterocycles. The highest BCUT2D eigenvalue weighted by Crippen LogP contribution is 2.17. The molecule has 106 valence electrons. The molecular weight excluding hydrogens is 275 g/mol. The first-order valence-electron chi connectivity index (χ1n) is 6.12. The van der Waals surface area contributed by atoms with Crippen molar-refractivity contribution in [1.29, 1.82) is 0 Å². The lowest BCUT2D eigenvalue weighted by Gasteiger charge is -2.09. The van der Waals surface area contributed by atoms with Gasteiger partial charge in [0.15, 0.2) is 11.6 Å². The summed E-state index contributed by atoms with van der Waals surface area (Å²) in [7, 11) is 1.37. The van der Waals surface area contributed by atoms with Gasteiger partial charge in [-0.2, -0.15) is 10.2 Å². The molecule has 0 radical (unpaired) electrons. The largest absolute Gasteiger partial charge is 0.491 e. The van der Waals surface area contributed by atoms with Crippen LogP contribution in [0.4, 0.5) is 4.39 Å². The van der Waals surface area contributed by atoms with Gasteiger partial charge >= 0.3 is 0 Å². The second-order valence-electron chi connectivity index (χ2n) is 4.24. The van der Waals surface area contributed by atoms with E-state index in [2.05, 4.69) is 10.2 Å². The first-order chi connectivity index (χ1) is 10.2. The first-order valence-corrected chi connectivity index (χ1v) is 6.12. The summed E-state index contributed by atoms with van der Waals surface area (Å²) in [5.74, 6) is -0.387. The lowest BCUT2D eigenvalue weighted by Crippen LogP contribution is -2.12. The lowest BCUT2D eigenvalue weighted by molar-refractivity contribution is 0.404. The summed E-state index contributed by atoms with van der Waals surface area (Å²) in [5, 5.41) is 7.91. The van der Waals surface area contributed by atoms with Gasteiger partial charge in [0.05, 0.1) is 25.2 Å². The molecule has 0 saturated heterocycles. The monoisotopic (exact) mass is 286 g/mol. The second-order valence-corrected chi connectivity index (χ2v) is 4.24. The molecule has 1 aromatic carbocycles. The minimum absolute atomic E-state index is 0.0977.